The van der Waals surface area contributed by atoms with Gasteiger partial charge < -0.3 is 14.4 Å². The molecular weight excluding hydrogens is 340 g/mol. The summed E-state index contributed by atoms with van der Waals surface area (Å²) in [5.74, 6) is -0.796. The summed E-state index contributed by atoms with van der Waals surface area (Å²) < 4.78 is 10.7. The summed E-state index contributed by atoms with van der Waals surface area (Å²) in [6.07, 6.45) is -0.0363. The molecule has 132 valence electrons. The Kier molecular flexibility index (Phi) is 5.45. The Hall–Kier alpha value is -2.25. The number of hydrogen-bond acceptors (Lipinski definition) is 6. The van der Waals surface area contributed by atoms with Gasteiger partial charge in [0.2, 0.25) is 0 Å². The van der Waals surface area contributed by atoms with Crippen LogP contribution in [0.4, 0.5) is 0 Å². The van der Waals surface area contributed by atoms with Crippen molar-refractivity contribution in [2.75, 3.05) is 19.7 Å². The molecule has 0 unspecified atom stereocenters. The second-order valence-corrected chi connectivity index (χ2v) is 6.89. The molecule has 1 aliphatic rings. The lowest BCUT2D eigenvalue weighted by Crippen LogP contribution is -2.49. The second-order valence-electron chi connectivity index (χ2n) is 6.04. The van der Waals surface area contributed by atoms with Crippen molar-refractivity contribution < 1.29 is 19.1 Å². The molecule has 7 heteroatoms. The number of carbonyl (C=O) groups excluding carboxylic acids is 2. The van der Waals surface area contributed by atoms with Crippen molar-refractivity contribution in [1.29, 1.82) is 0 Å². The summed E-state index contributed by atoms with van der Waals surface area (Å²) in [5, 5.41) is 2.39. The van der Waals surface area contributed by atoms with Crippen LogP contribution in [-0.2, 0) is 14.3 Å². The summed E-state index contributed by atoms with van der Waals surface area (Å²) in [5.41, 5.74) is 1.17. The predicted octanol–water partition coefficient (Wildman–Crippen LogP) is 2.60. The molecule has 0 spiro atoms. The van der Waals surface area contributed by atoms with Gasteiger partial charge in [0.25, 0.3) is 5.91 Å². The van der Waals surface area contributed by atoms with Crippen molar-refractivity contribution >= 4 is 23.2 Å². The number of rotatable bonds is 4. The maximum Gasteiger partial charge on any atom is 0.358 e. The summed E-state index contributed by atoms with van der Waals surface area (Å²) in [6, 6.07) is 9.61. The van der Waals surface area contributed by atoms with Gasteiger partial charge in [-0.05, 0) is 13.8 Å². The van der Waals surface area contributed by atoms with E-state index in [0.717, 1.165) is 10.6 Å². The molecule has 1 aliphatic heterocycles. The van der Waals surface area contributed by atoms with E-state index in [1.807, 2.05) is 44.2 Å². The highest BCUT2D eigenvalue weighted by Crippen LogP contribution is 2.23. The predicted molar refractivity (Wildman–Crippen MR) is 94.4 cm³/mol. The smallest absolute Gasteiger partial charge is 0.358 e. The fourth-order valence-electron chi connectivity index (χ4n) is 2.75. The van der Waals surface area contributed by atoms with Gasteiger partial charge in [-0.1, -0.05) is 30.3 Å². The minimum Gasteiger partial charge on any atom is -0.451 e. The Morgan fingerprint density at radius 3 is 2.60 bits per heavy atom. The van der Waals surface area contributed by atoms with Gasteiger partial charge in [0.05, 0.1) is 12.2 Å². The zero-order valence-electron chi connectivity index (χ0n) is 14.2. The normalized spacial score (nSPS) is 20.3. The van der Waals surface area contributed by atoms with E-state index in [9.17, 15) is 9.59 Å². The first kappa shape index (κ1) is 17.6. The SMILES string of the molecule is C[C@@H]1CN(C(=O)COC(=O)c2csc(-c3ccccc3)n2)C[C@@H](C)O1. The highest BCUT2D eigenvalue weighted by Gasteiger charge is 2.26. The van der Waals surface area contributed by atoms with Gasteiger partial charge in [-0.15, -0.1) is 11.3 Å². The monoisotopic (exact) mass is 360 g/mol. The molecule has 2 heterocycles. The Labute approximate surface area is 150 Å². The summed E-state index contributed by atoms with van der Waals surface area (Å²) >= 11 is 1.37. The first-order valence-corrected chi connectivity index (χ1v) is 9.02. The van der Waals surface area contributed by atoms with Gasteiger partial charge in [-0.2, -0.15) is 0 Å². The number of amides is 1. The minimum atomic E-state index is -0.582. The molecule has 25 heavy (non-hydrogen) atoms. The molecule has 0 radical (unpaired) electrons. The number of aromatic nitrogens is 1. The van der Waals surface area contributed by atoms with Crippen LogP contribution in [0.1, 0.15) is 24.3 Å². The van der Waals surface area contributed by atoms with Gasteiger partial charge in [-0.3, -0.25) is 4.79 Å². The third-order valence-electron chi connectivity index (χ3n) is 3.83. The largest absolute Gasteiger partial charge is 0.451 e. The van der Waals surface area contributed by atoms with E-state index in [1.54, 1.807) is 10.3 Å². The number of nitrogens with zero attached hydrogens (tertiary/aromatic N) is 2. The molecule has 0 saturated carbocycles. The third kappa shape index (κ3) is 4.43. The fraction of sp³-hybridized carbons (Fsp3) is 0.389. The van der Waals surface area contributed by atoms with Crippen LogP contribution in [0.25, 0.3) is 10.6 Å². The summed E-state index contributed by atoms with van der Waals surface area (Å²) in [4.78, 5) is 30.3. The van der Waals surface area contributed by atoms with Crippen molar-refractivity contribution in [2.24, 2.45) is 0 Å². The van der Waals surface area contributed by atoms with Crippen molar-refractivity contribution in [3.05, 3.63) is 41.4 Å². The molecule has 3 rings (SSSR count). The zero-order chi connectivity index (χ0) is 17.8. The molecule has 6 nitrogen and oxygen atoms in total. The van der Waals surface area contributed by atoms with Gasteiger partial charge in [0.15, 0.2) is 12.3 Å². The standard InChI is InChI=1S/C18H20N2O4S/c1-12-8-20(9-13(2)24-12)16(21)10-23-18(22)15-11-25-17(19-15)14-6-4-3-5-7-14/h3-7,11-13H,8-10H2,1-2H3/t12-,13-/m1/s1. The average molecular weight is 360 g/mol. The van der Waals surface area contributed by atoms with E-state index in [2.05, 4.69) is 4.98 Å². The van der Waals surface area contributed by atoms with Crippen molar-refractivity contribution in [1.82, 2.24) is 9.88 Å². The van der Waals surface area contributed by atoms with Gasteiger partial charge >= 0.3 is 5.97 Å². The molecular formula is C18H20N2O4S. The lowest BCUT2D eigenvalue weighted by atomic mass is 10.2. The lowest BCUT2D eigenvalue weighted by Gasteiger charge is -2.35. The van der Waals surface area contributed by atoms with Crippen LogP contribution in [0.2, 0.25) is 0 Å². The lowest BCUT2D eigenvalue weighted by molar-refractivity contribution is -0.146. The summed E-state index contributed by atoms with van der Waals surface area (Å²) in [6.45, 7) is 4.58. The molecule has 1 fully saturated rings. The maximum absolute atomic E-state index is 12.2. The van der Waals surface area contributed by atoms with Crippen molar-refractivity contribution in [3.63, 3.8) is 0 Å². The molecule has 1 saturated heterocycles. The van der Waals surface area contributed by atoms with E-state index < -0.39 is 5.97 Å². The number of benzene rings is 1. The number of esters is 1. The van der Waals surface area contributed by atoms with Gasteiger partial charge in [0.1, 0.15) is 5.01 Å². The number of carbonyl (C=O) groups is 2. The minimum absolute atomic E-state index is 0.0182. The molecule has 1 aromatic heterocycles. The molecule has 0 aliphatic carbocycles. The van der Waals surface area contributed by atoms with E-state index in [-0.39, 0.29) is 30.4 Å². The quantitative estimate of drug-likeness (QED) is 0.784. The molecule has 0 bridgehead atoms. The molecule has 2 aromatic rings. The third-order valence-corrected chi connectivity index (χ3v) is 4.72. The van der Waals surface area contributed by atoms with E-state index in [4.69, 9.17) is 9.47 Å². The molecule has 1 aromatic carbocycles. The second kappa shape index (κ2) is 7.76. The van der Waals surface area contributed by atoms with Gasteiger partial charge in [-0.25, -0.2) is 9.78 Å². The van der Waals surface area contributed by atoms with Crippen molar-refractivity contribution in [2.45, 2.75) is 26.1 Å². The highest BCUT2D eigenvalue weighted by molar-refractivity contribution is 7.13. The number of thiazole rings is 1. The molecule has 1 amide bonds. The summed E-state index contributed by atoms with van der Waals surface area (Å²) in [7, 11) is 0. The fourth-order valence-corrected chi connectivity index (χ4v) is 3.55. The first-order valence-electron chi connectivity index (χ1n) is 8.14. The van der Waals surface area contributed by atoms with Crippen LogP contribution in [0.5, 0.6) is 0 Å². The Bertz CT molecular complexity index is 737. The first-order chi connectivity index (χ1) is 12.0. The number of ether oxygens (including phenoxy) is 2. The van der Waals surface area contributed by atoms with Crippen molar-refractivity contribution in [3.8, 4) is 10.6 Å². The highest BCUT2D eigenvalue weighted by atomic mass is 32.1. The topological polar surface area (TPSA) is 68.7 Å². The Morgan fingerprint density at radius 1 is 1.24 bits per heavy atom. The molecule has 2 atom stereocenters. The molecule has 0 N–H and O–H groups in total. The van der Waals surface area contributed by atoms with E-state index in [0.29, 0.717) is 13.1 Å². The Balaban J connectivity index is 1.56. The van der Waals surface area contributed by atoms with E-state index in [1.165, 1.54) is 11.3 Å². The van der Waals surface area contributed by atoms with Crippen LogP contribution < -0.4 is 0 Å². The van der Waals surface area contributed by atoms with Crippen LogP contribution in [0.15, 0.2) is 35.7 Å². The average Bonchev–Trinajstić information content (AvgIpc) is 3.09. The Morgan fingerprint density at radius 2 is 1.92 bits per heavy atom. The van der Waals surface area contributed by atoms with Gasteiger partial charge in [0, 0.05) is 24.0 Å². The van der Waals surface area contributed by atoms with Crippen LogP contribution in [0, 0.1) is 0 Å². The zero-order valence-corrected chi connectivity index (χ0v) is 15.0. The van der Waals surface area contributed by atoms with Crippen LogP contribution >= 0.6 is 11.3 Å². The number of hydrogen-bond donors (Lipinski definition) is 0. The maximum atomic E-state index is 12.2. The van der Waals surface area contributed by atoms with E-state index >= 15 is 0 Å². The van der Waals surface area contributed by atoms with Crippen LogP contribution in [-0.4, -0.2) is 53.7 Å². The number of morpholine rings is 1. The van der Waals surface area contributed by atoms with Crippen LogP contribution in [0.3, 0.4) is 0 Å².